The molecular weight excluding hydrogens is 1960 g/mol. The van der Waals surface area contributed by atoms with Gasteiger partial charge in [-0.05, 0) is 117 Å². The molecule has 6 heterocycles. The smallest absolute Gasteiger partial charge is 0.870 e. The number of nitrogens with zero attached hydrogens (tertiary/aromatic N) is 17. The Labute approximate surface area is 786 Å². The summed E-state index contributed by atoms with van der Waals surface area (Å²) in [5.74, 6) is 0.274. The van der Waals surface area contributed by atoms with Gasteiger partial charge < -0.3 is 57.6 Å². The summed E-state index contributed by atoms with van der Waals surface area (Å²) in [6.07, 6.45) is -6.44. The molecule has 0 unspecified atom stereocenters. The van der Waals surface area contributed by atoms with Crippen LogP contribution in [0, 0.1) is 11.8 Å². The van der Waals surface area contributed by atoms with Crippen molar-refractivity contribution in [3.05, 3.63) is 184 Å². The molecule has 716 valence electrons. The Kier molecular flexibility index (Phi) is 45.8. The molecule has 59 heteroatoms. The number of hydrogen-bond donors (Lipinski definition) is 3. The minimum atomic E-state index is -4.88. The van der Waals surface area contributed by atoms with Gasteiger partial charge in [0.15, 0.2) is 29.1 Å². The first-order valence-corrected chi connectivity index (χ1v) is 37.6. The number of carbonyl (C=O) groups excluding carboxylic acids is 5. The van der Waals surface area contributed by atoms with Gasteiger partial charge in [-0.15, -0.1) is 102 Å². The Morgan fingerprint density at radius 3 is 0.978 bits per heavy atom. The van der Waals surface area contributed by atoms with E-state index in [9.17, 15) is 94.6 Å². The van der Waals surface area contributed by atoms with Gasteiger partial charge >= 0.3 is 80.2 Å². The van der Waals surface area contributed by atoms with Gasteiger partial charge in [-0.25, -0.2) is 78.1 Å². The molecular formula is C75H65Cl6F15LiN19O18. The number of hydrogen-bond acceptors (Lipinski definition) is 30. The van der Waals surface area contributed by atoms with Crippen LogP contribution in [0.25, 0.3) is 94.0 Å². The van der Waals surface area contributed by atoms with Crippen LogP contribution in [-0.2, 0) is 38.1 Å². The summed E-state index contributed by atoms with van der Waals surface area (Å²) < 4.78 is 233. The third-order valence-electron chi connectivity index (χ3n) is 13.3. The van der Waals surface area contributed by atoms with Crippen LogP contribution in [-0.4, -0.2) is 181 Å². The second-order valence-electron chi connectivity index (χ2n) is 25.4. The first kappa shape index (κ1) is 115. The summed E-state index contributed by atoms with van der Waals surface area (Å²) in [5, 5.41) is 35.7. The minimum Gasteiger partial charge on any atom is -0.870 e. The van der Waals surface area contributed by atoms with Crippen LogP contribution in [0.1, 0.15) is 54.9 Å². The third kappa shape index (κ3) is 46.2. The molecule has 0 bridgehead atoms. The van der Waals surface area contributed by atoms with E-state index in [-0.39, 0.29) is 138 Å². The Bertz CT molecular complexity index is 5830. The molecule has 11 aromatic rings. The van der Waals surface area contributed by atoms with Gasteiger partial charge in [-0.1, -0.05) is 93.1 Å². The van der Waals surface area contributed by atoms with Crippen LogP contribution in [0.2, 0.25) is 25.1 Å². The molecule has 1 amide bonds. The second-order valence-corrected chi connectivity index (χ2v) is 27.9. The van der Waals surface area contributed by atoms with E-state index in [0.29, 0.717) is 12.5 Å². The number of ether oxygens (including phenoxy) is 9. The van der Waals surface area contributed by atoms with Crippen molar-refractivity contribution in [2.24, 2.45) is 17.7 Å². The number of hydrazine groups is 1. The molecule has 0 atom stereocenters. The number of rotatable bonds is 25. The first-order chi connectivity index (χ1) is 61.1. The molecule has 6 aromatic heterocycles. The van der Waals surface area contributed by atoms with Gasteiger partial charge in [0.25, 0.3) is 5.91 Å². The summed E-state index contributed by atoms with van der Waals surface area (Å²) in [6.45, 7) is 11.4. The van der Waals surface area contributed by atoms with E-state index >= 15 is 0 Å². The average Bonchev–Trinajstić information content (AvgIpc) is 1.66. The Balaban J connectivity index is 0.000000421. The topological polar surface area (TPSA) is 466 Å². The van der Waals surface area contributed by atoms with E-state index in [0.717, 1.165) is 107 Å². The fraction of sp³-hybridized carbons (Fsp3) is 0.227. The maximum absolute atomic E-state index is 12.4. The van der Waals surface area contributed by atoms with E-state index < -0.39 is 96.0 Å². The molecule has 134 heavy (non-hydrogen) atoms. The molecule has 0 fully saturated rings. The number of amides is 1. The first-order valence-electron chi connectivity index (χ1n) is 35.4. The molecule has 0 aliphatic rings. The summed E-state index contributed by atoms with van der Waals surface area (Å²) in [5.41, 5.74) is 2.22. The number of aromatic nitrogens is 17. The third-order valence-corrected chi connectivity index (χ3v) is 14.5. The maximum Gasteiger partial charge on any atom is 1.00 e. The molecule has 0 spiro atoms. The number of carbonyl (C=O) groups is 6. The number of nitrogens with one attached hydrogen (secondary N) is 1. The number of aliphatic carboxylic acids is 1. The number of esters is 2. The summed E-state index contributed by atoms with van der Waals surface area (Å²) in [6, 6.07) is 17.4. The van der Waals surface area contributed by atoms with Crippen LogP contribution >= 0.6 is 69.6 Å². The van der Waals surface area contributed by atoms with Gasteiger partial charge in [0, 0.05) is 126 Å². The largest absolute Gasteiger partial charge is 1.00 e. The molecule has 37 nitrogen and oxygen atoms in total. The fourth-order valence-electron chi connectivity index (χ4n) is 8.70. The van der Waals surface area contributed by atoms with Crippen LogP contribution < -0.4 is 53.8 Å². The van der Waals surface area contributed by atoms with Crippen molar-refractivity contribution >= 4 is 142 Å². The van der Waals surface area contributed by atoms with E-state index in [1.54, 1.807) is 13.8 Å². The SMILES string of the molecule is C.CC(C)COC(=O)Cl.CC(C)COC(=O)OC(=O)/C=C\n1cnc(-c2cc(Cl)cc(OC(F)(F)F)c2)n1.CC(C)OC(=O)/C=C\n1cnc(-c2cc(Cl)cc(OC(F)(F)F)c2)n1.FC(F)(F)Oc1cc(Cl)cc(-c2ncn(/C=C\c3nnco3)n2)c1.NNC(=O)/C=C\n1cnc(-c2cc(Cl)cc(OC(F)(F)F)c2)n1.O=C(O)/C=C\n1cnc(-c2cc(Cl)cc(OC(F)(F)F)c2)n1.[Li+].[OH-]. The zero-order valence-electron chi connectivity index (χ0n) is 68.1. The molecule has 0 aliphatic heterocycles. The average molecular weight is 2030 g/mol. The molecule has 0 saturated carbocycles. The minimum absolute atomic E-state index is 0. The predicted octanol–water partition coefficient (Wildman–Crippen LogP) is 16.2. The standard InChI is InChI=1S/C17H15ClF3N3O5.C15H13ClF3N3O3.C13H7ClF3N5O2.C12H9ClF3N5O2.C12H7ClF3N3O3.C5H9ClO2.CH4.Li.H2O/c1-10(2)8-27-16(26)28-14(25)3-4-24-9-22-15(23-24)11-5-12(18)7-13(6-11)29-17(19,20)21;1-9(2)24-13(23)3-4-22-8-20-14(21-22)10-5-11(16)7-12(6-10)25-15(17,18)19;14-9-3-8(4-10(5-9)24-13(15,16)17)12-18-6-22(21-12)2-1-11-20-19-7-23-11;13-8-3-7(4-9(5-8)23-12(14,15)16)11-18-6-21(20-11)2-1-10(22)19-17;13-8-3-7(4-9(5-8)22-12(14,15)16)11-17-6-19(18-11)2-1-10(20)21;1-4(2)3-8-5(6)7;;;/h3-7,9-10H,8H2,1-2H3;3-9H,1-2H3;1-7H;1-6H,17H2,(H,19,22);1-6H,(H,20,21);4H,3H2,1-2H3;1H4;;1H2/q;;;;;;;+1;/p-1/b2*4-3-;3*2-1-;;;;. The number of halogens is 21. The monoisotopic (exact) mass is 2020 g/mol. The number of carboxylic acid groups (broad SMARTS) is 1. The van der Waals surface area contributed by atoms with Crippen molar-refractivity contribution < 1.29 is 171 Å². The Morgan fingerprint density at radius 2 is 0.724 bits per heavy atom. The van der Waals surface area contributed by atoms with Gasteiger partial charge in [-0.2, -0.15) is 0 Å². The summed E-state index contributed by atoms with van der Waals surface area (Å²) in [4.78, 5) is 85.1. The predicted molar refractivity (Wildman–Crippen MR) is 441 cm³/mol. The van der Waals surface area contributed by atoms with Crippen LogP contribution in [0.15, 0.2) is 158 Å². The Hall–Kier alpha value is -13.3. The Morgan fingerprint density at radius 1 is 0.440 bits per heavy atom. The molecule has 5 N–H and O–H groups in total. The maximum atomic E-state index is 12.4. The van der Waals surface area contributed by atoms with Gasteiger partial charge in [-0.3, -0.25) is 10.2 Å². The van der Waals surface area contributed by atoms with Crippen molar-refractivity contribution in [1.82, 2.24) is 89.4 Å². The van der Waals surface area contributed by atoms with E-state index in [1.165, 1.54) is 107 Å². The van der Waals surface area contributed by atoms with Crippen molar-refractivity contribution in [2.45, 2.75) is 86.9 Å². The molecule has 0 radical (unpaired) electrons. The van der Waals surface area contributed by atoms with Gasteiger partial charge in [0.05, 0.1) is 19.3 Å². The van der Waals surface area contributed by atoms with Crippen molar-refractivity contribution in [1.29, 1.82) is 0 Å². The van der Waals surface area contributed by atoms with E-state index in [1.807, 2.05) is 33.1 Å². The van der Waals surface area contributed by atoms with Crippen LogP contribution in [0.5, 0.6) is 28.7 Å². The number of benzene rings is 5. The molecule has 11 rings (SSSR count). The normalized spacial score (nSPS) is 11.4. The molecule has 0 saturated heterocycles. The van der Waals surface area contributed by atoms with Crippen molar-refractivity contribution in [2.75, 3.05) is 13.2 Å². The quantitative estimate of drug-likeness (QED) is 0.00457. The summed E-state index contributed by atoms with van der Waals surface area (Å²) >= 11 is 33.8. The van der Waals surface area contributed by atoms with Gasteiger partial charge in [0.1, 0.15) is 60.4 Å². The molecule has 5 aromatic carbocycles. The van der Waals surface area contributed by atoms with Gasteiger partial charge in [0.2, 0.25) is 12.3 Å². The zero-order chi connectivity index (χ0) is 97.3. The van der Waals surface area contributed by atoms with Crippen molar-refractivity contribution in [3.63, 3.8) is 0 Å². The van der Waals surface area contributed by atoms with E-state index in [2.05, 4.69) is 98.5 Å². The molecule has 0 aliphatic carbocycles. The zero-order valence-corrected chi connectivity index (χ0v) is 72.6. The second kappa shape index (κ2) is 53.4. The van der Waals surface area contributed by atoms with Crippen LogP contribution in [0.3, 0.4) is 0 Å². The fourth-order valence-corrected chi connectivity index (χ4v) is 9.89. The number of carboxylic acids is 1. The van der Waals surface area contributed by atoms with Crippen LogP contribution in [0.4, 0.5) is 75.4 Å². The number of alkyl halides is 15. The summed E-state index contributed by atoms with van der Waals surface area (Å²) in [7, 11) is 0. The van der Waals surface area contributed by atoms with E-state index in [4.69, 9.17) is 89.7 Å². The van der Waals surface area contributed by atoms with Crippen molar-refractivity contribution in [3.8, 4) is 85.7 Å². The number of nitrogens with two attached hydrogens (primary N) is 1.